The molecule has 0 aliphatic rings. The van der Waals surface area contributed by atoms with Crippen molar-refractivity contribution in [3.05, 3.63) is 29.7 Å². The van der Waals surface area contributed by atoms with Crippen molar-refractivity contribution in [3.8, 4) is 0 Å². The molecular formula is C11H17N5O. The zero-order valence-electron chi connectivity index (χ0n) is 10.3. The van der Waals surface area contributed by atoms with Gasteiger partial charge in [-0.15, -0.1) is 0 Å². The molecule has 0 fully saturated rings. The fraction of sp³-hybridized carbons (Fsp3) is 0.545. The van der Waals surface area contributed by atoms with Crippen LogP contribution in [0.3, 0.4) is 0 Å². The Bertz CT molecular complexity index is 474. The quantitative estimate of drug-likeness (QED) is 0.849. The number of hydrogen-bond donors (Lipinski definition) is 1. The van der Waals surface area contributed by atoms with Gasteiger partial charge in [0.15, 0.2) is 5.82 Å². The van der Waals surface area contributed by atoms with Crippen molar-refractivity contribution in [2.75, 3.05) is 0 Å². The van der Waals surface area contributed by atoms with Crippen molar-refractivity contribution in [1.82, 2.24) is 25.2 Å². The molecule has 0 unspecified atom stereocenters. The Morgan fingerprint density at radius 1 is 1.41 bits per heavy atom. The molecule has 0 radical (unpaired) electrons. The van der Waals surface area contributed by atoms with E-state index in [-0.39, 0.29) is 0 Å². The molecular weight excluding hydrogens is 218 g/mol. The second-order valence-corrected chi connectivity index (χ2v) is 4.26. The molecule has 2 heterocycles. The number of nitrogens with one attached hydrogen (secondary N) is 1. The molecule has 0 saturated heterocycles. The standard InChI is InChI=1S/C11H17N5O/c1-8(2)16-7-10(5-13-16)4-12-6-11-14-9(3)17-15-11/h5,7-8,12H,4,6H2,1-3H3. The van der Waals surface area contributed by atoms with E-state index in [1.54, 1.807) is 6.92 Å². The van der Waals surface area contributed by atoms with Crippen LogP contribution in [0, 0.1) is 6.92 Å². The third kappa shape index (κ3) is 3.13. The van der Waals surface area contributed by atoms with Gasteiger partial charge in [0, 0.05) is 31.3 Å². The Kier molecular flexibility index (Phi) is 3.53. The number of aromatic nitrogens is 4. The summed E-state index contributed by atoms with van der Waals surface area (Å²) in [6.45, 7) is 7.34. The zero-order valence-corrected chi connectivity index (χ0v) is 10.3. The predicted octanol–water partition coefficient (Wildman–Crippen LogP) is 1.45. The predicted molar refractivity (Wildman–Crippen MR) is 62.2 cm³/mol. The second-order valence-electron chi connectivity index (χ2n) is 4.26. The van der Waals surface area contributed by atoms with Crippen LogP contribution in [0.2, 0.25) is 0 Å². The van der Waals surface area contributed by atoms with Crippen LogP contribution in [0.5, 0.6) is 0 Å². The Morgan fingerprint density at radius 3 is 2.82 bits per heavy atom. The van der Waals surface area contributed by atoms with Crippen molar-refractivity contribution in [3.63, 3.8) is 0 Å². The number of rotatable bonds is 5. The number of hydrogen-bond acceptors (Lipinski definition) is 5. The molecule has 2 rings (SSSR count). The van der Waals surface area contributed by atoms with Crippen molar-refractivity contribution < 1.29 is 4.52 Å². The molecule has 92 valence electrons. The van der Waals surface area contributed by atoms with Gasteiger partial charge in [-0.05, 0) is 13.8 Å². The zero-order chi connectivity index (χ0) is 12.3. The SMILES string of the molecule is Cc1nc(CNCc2cnn(C(C)C)c2)no1. The molecule has 0 aliphatic carbocycles. The molecule has 0 amide bonds. The van der Waals surface area contributed by atoms with Gasteiger partial charge in [-0.1, -0.05) is 5.16 Å². The molecule has 0 aromatic carbocycles. The van der Waals surface area contributed by atoms with E-state index in [0.717, 1.165) is 12.1 Å². The maximum absolute atomic E-state index is 4.89. The molecule has 0 aliphatic heterocycles. The Balaban J connectivity index is 1.81. The summed E-state index contributed by atoms with van der Waals surface area (Å²) in [5.41, 5.74) is 1.15. The maximum Gasteiger partial charge on any atom is 0.223 e. The van der Waals surface area contributed by atoms with Crippen LogP contribution >= 0.6 is 0 Å². The van der Waals surface area contributed by atoms with E-state index in [2.05, 4.69) is 34.4 Å². The highest BCUT2D eigenvalue weighted by molar-refractivity contribution is 5.04. The molecule has 2 aromatic heterocycles. The van der Waals surface area contributed by atoms with Crippen LogP contribution in [0.4, 0.5) is 0 Å². The van der Waals surface area contributed by atoms with E-state index >= 15 is 0 Å². The van der Waals surface area contributed by atoms with Crippen LogP contribution in [-0.2, 0) is 13.1 Å². The lowest BCUT2D eigenvalue weighted by Gasteiger charge is -2.03. The first kappa shape index (κ1) is 11.8. The number of aryl methyl sites for hydroxylation is 1. The molecule has 6 heteroatoms. The third-order valence-corrected chi connectivity index (χ3v) is 2.37. The first-order valence-corrected chi connectivity index (χ1v) is 5.68. The monoisotopic (exact) mass is 235 g/mol. The summed E-state index contributed by atoms with van der Waals surface area (Å²) in [5.74, 6) is 1.27. The van der Waals surface area contributed by atoms with E-state index in [1.165, 1.54) is 0 Å². The lowest BCUT2D eigenvalue weighted by molar-refractivity contribution is 0.385. The van der Waals surface area contributed by atoms with E-state index in [4.69, 9.17) is 4.52 Å². The van der Waals surface area contributed by atoms with Gasteiger partial charge in [0.1, 0.15) is 0 Å². The highest BCUT2D eigenvalue weighted by atomic mass is 16.5. The second kappa shape index (κ2) is 5.09. The molecule has 1 N–H and O–H groups in total. The normalized spacial score (nSPS) is 11.3. The smallest absolute Gasteiger partial charge is 0.223 e. The lowest BCUT2D eigenvalue weighted by atomic mass is 10.3. The first-order valence-electron chi connectivity index (χ1n) is 5.68. The largest absolute Gasteiger partial charge is 0.340 e. The van der Waals surface area contributed by atoms with Crippen LogP contribution in [-0.4, -0.2) is 19.9 Å². The summed E-state index contributed by atoms with van der Waals surface area (Å²) in [5, 5.41) is 11.3. The van der Waals surface area contributed by atoms with E-state index < -0.39 is 0 Å². The Hall–Kier alpha value is -1.69. The van der Waals surface area contributed by atoms with Gasteiger partial charge in [-0.3, -0.25) is 4.68 Å². The topological polar surface area (TPSA) is 68.8 Å². The van der Waals surface area contributed by atoms with Gasteiger partial charge in [-0.2, -0.15) is 10.1 Å². The van der Waals surface area contributed by atoms with E-state index in [0.29, 0.717) is 24.3 Å². The minimum absolute atomic E-state index is 0.392. The number of nitrogens with zero attached hydrogens (tertiary/aromatic N) is 4. The minimum atomic E-state index is 0.392. The average Bonchev–Trinajstić information content (AvgIpc) is 2.88. The van der Waals surface area contributed by atoms with Gasteiger partial charge in [0.2, 0.25) is 5.89 Å². The van der Waals surface area contributed by atoms with Crippen molar-refractivity contribution in [1.29, 1.82) is 0 Å². The van der Waals surface area contributed by atoms with Crippen LogP contribution in [0.25, 0.3) is 0 Å². The molecule has 6 nitrogen and oxygen atoms in total. The van der Waals surface area contributed by atoms with E-state index in [1.807, 2.05) is 17.1 Å². The van der Waals surface area contributed by atoms with Crippen LogP contribution in [0.15, 0.2) is 16.9 Å². The van der Waals surface area contributed by atoms with Gasteiger partial charge in [0.25, 0.3) is 0 Å². The van der Waals surface area contributed by atoms with Gasteiger partial charge < -0.3 is 9.84 Å². The Labute approximate surface area is 100 Å². The molecule has 0 saturated carbocycles. The summed E-state index contributed by atoms with van der Waals surface area (Å²) >= 11 is 0. The summed E-state index contributed by atoms with van der Waals surface area (Å²) in [6.07, 6.45) is 3.91. The Morgan fingerprint density at radius 2 is 2.24 bits per heavy atom. The van der Waals surface area contributed by atoms with Crippen LogP contribution in [0.1, 0.15) is 37.2 Å². The van der Waals surface area contributed by atoms with Crippen molar-refractivity contribution in [2.45, 2.75) is 39.9 Å². The highest BCUT2D eigenvalue weighted by Crippen LogP contribution is 2.05. The molecule has 0 spiro atoms. The molecule has 0 atom stereocenters. The first-order chi connectivity index (χ1) is 8.15. The molecule has 17 heavy (non-hydrogen) atoms. The molecule has 2 aromatic rings. The highest BCUT2D eigenvalue weighted by Gasteiger charge is 2.03. The van der Waals surface area contributed by atoms with Gasteiger partial charge in [-0.25, -0.2) is 0 Å². The van der Waals surface area contributed by atoms with Crippen molar-refractivity contribution >= 4 is 0 Å². The summed E-state index contributed by atoms with van der Waals surface area (Å²) in [4.78, 5) is 4.11. The average molecular weight is 235 g/mol. The van der Waals surface area contributed by atoms with Gasteiger partial charge in [0.05, 0.1) is 12.7 Å². The van der Waals surface area contributed by atoms with Crippen molar-refractivity contribution in [2.24, 2.45) is 0 Å². The van der Waals surface area contributed by atoms with E-state index in [9.17, 15) is 0 Å². The fourth-order valence-electron chi connectivity index (χ4n) is 1.48. The third-order valence-electron chi connectivity index (χ3n) is 2.37. The maximum atomic E-state index is 4.89. The fourth-order valence-corrected chi connectivity index (χ4v) is 1.48. The summed E-state index contributed by atoms with van der Waals surface area (Å²) in [6, 6.07) is 0.392. The molecule has 0 bridgehead atoms. The van der Waals surface area contributed by atoms with Gasteiger partial charge >= 0.3 is 0 Å². The lowest BCUT2D eigenvalue weighted by Crippen LogP contribution is -2.13. The summed E-state index contributed by atoms with van der Waals surface area (Å²) in [7, 11) is 0. The summed E-state index contributed by atoms with van der Waals surface area (Å²) < 4.78 is 6.83. The minimum Gasteiger partial charge on any atom is -0.340 e. The van der Waals surface area contributed by atoms with Crippen LogP contribution < -0.4 is 5.32 Å².